The summed E-state index contributed by atoms with van der Waals surface area (Å²) in [6.07, 6.45) is 0.761. The van der Waals surface area contributed by atoms with E-state index < -0.39 is 5.60 Å². The number of likely N-dealkylation sites (tertiary alicyclic amines) is 1. The van der Waals surface area contributed by atoms with E-state index in [-0.39, 0.29) is 0 Å². The molecule has 2 saturated heterocycles. The van der Waals surface area contributed by atoms with Gasteiger partial charge in [0.15, 0.2) is 0 Å². The SMILES string of the molecule is O[C@@]1(c2ccccc2)CCN(Cc2ccccc2OCCN2CCOCC2)C1. The first kappa shape index (κ1) is 19.4. The quantitative estimate of drug-likeness (QED) is 0.797. The van der Waals surface area contributed by atoms with E-state index in [1.165, 1.54) is 5.56 Å². The van der Waals surface area contributed by atoms with Gasteiger partial charge in [-0.25, -0.2) is 0 Å². The van der Waals surface area contributed by atoms with Crippen molar-refractivity contribution in [1.29, 1.82) is 0 Å². The van der Waals surface area contributed by atoms with Crippen LogP contribution >= 0.6 is 0 Å². The summed E-state index contributed by atoms with van der Waals surface area (Å²) in [5.41, 5.74) is 1.43. The number of hydrogen-bond donors (Lipinski definition) is 1. The third kappa shape index (κ3) is 4.73. The van der Waals surface area contributed by atoms with Crippen LogP contribution in [0.2, 0.25) is 0 Å². The average molecular weight is 383 g/mol. The molecule has 1 atom stereocenters. The summed E-state index contributed by atoms with van der Waals surface area (Å²) in [7, 11) is 0. The minimum atomic E-state index is -0.757. The zero-order valence-corrected chi connectivity index (χ0v) is 16.4. The molecule has 0 spiro atoms. The van der Waals surface area contributed by atoms with Crippen LogP contribution in [0.3, 0.4) is 0 Å². The summed E-state index contributed by atoms with van der Waals surface area (Å²) in [5, 5.41) is 11.1. The topological polar surface area (TPSA) is 45.2 Å². The van der Waals surface area contributed by atoms with Crippen molar-refractivity contribution >= 4 is 0 Å². The molecule has 28 heavy (non-hydrogen) atoms. The molecular formula is C23H30N2O3. The van der Waals surface area contributed by atoms with Crippen molar-refractivity contribution in [3.05, 3.63) is 65.7 Å². The molecule has 0 radical (unpaired) electrons. The van der Waals surface area contributed by atoms with Gasteiger partial charge in [0.1, 0.15) is 18.0 Å². The molecule has 2 aromatic carbocycles. The van der Waals surface area contributed by atoms with E-state index in [0.29, 0.717) is 13.2 Å². The molecule has 150 valence electrons. The predicted octanol–water partition coefficient (Wildman–Crippen LogP) is 2.49. The monoisotopic (exact) mass is 382 g/mol. The lowest BCUT2D eigenvalue weighted by atomic mass is 9.93. The summed E-state index contributed by atoms with van der Waals surface area (Å²) < 4.78 is 11.5. The van der Waals surface area contributed by atoms with Gasteiger partial charge in [-0.1, -0.05) is 48.5 Å². The Hall–Kier alpha value is -1.92. The highest BCUT2D eigenvalue weighted by atomic mass is 16.5. The second-order valence-electron chi connectivity index (χ2n) is 7.77. The number of benzene rings is 2. The van der Waals surface area contributed by atoms with Gasteiger partial charge in [0.25, 0.3) is 0 Å². The Morgan fingerprint density at radius 3 is 2.50 bits per heavy atom. The van der Waals surface area contributed by atoms with Crippen molar-refractivity contribution in [3.63, 3.8) is 0 Å². The van der Waals surface area contributed by atoms with Crippen LogP contribution in [-0.2, 0) is 16.9 Å². The molecule has 2 heterocycles. The molecular weight excluding hydrogens is 352 g/mol. The maximum absolute atomic E-state index is 11.1. The summed E-state index contributed by atoms with van der Waals surface area (Å²) in [6.45, 7) is 7.54. The number of morpholine rings is 1. The molecule has 1 N–H and O–H groups in total. The average Bonchev–Trinajstić information content (AvgIpc) is 3.13. The van der Waals surface area contributed by atoms with E-state index in [4.69, 9.17) is 9.47 Å². The first-order valence-corrected chi connectivity index (χ1v) is 10.2. The van der Waals surface area contributed by atoms with E-state index in [0.717, 1.165) is 63.7 Å². The smallest absolute Gasteiger partial charge is 0.123 e. The molecule has 0 aromatic heterocycles. The Balaban J connectivity index is 1.34. The first-order chi connectivity index (χ1) is 13.7. The lowest BCUT2D eigenvalue weighted by Gasteiger charge is -2.27. The second-order valence-corrected chi connectivity index (χ2v) is 7.77. The maximum Gasteiger partial charge on any atom is 0.123 e. The highest BCUT2D eigenvalue weighted by Gasteiger charge is 2.37. The Morgan fingerprint density at radius 2 is 1.68 bits per heavy atom. The first-order valence-electron chi connectivity index (χ1n) is 10.2. The summed E-state index contributed by atoms with van der Waals surface area (Å²) in [5.74, 6) is 0.950. The Labute approximate surface area is 167 Å². The minimum Gasteiger partial charge on any atom is -0.492 e. The zero-order chi connectivity index (χ0) is 19.2. The third-order valence-electron chi connectivity index (χ3n) is 5.77. The van der Waals surface area contributed by atoms with Crippen LogP contribution in [0, 0.1) is 0 Å². The number of para-hydroxylation sites is 1. The summed E-state index contributed by atoms with van der Waals surface area (Å²) >= 11 is 0. The van der Waals surface area contributed by atoms with Crippen LogP contribution in [-0.4, -0.2) is 67.5 Å². The third-order valence-corrected chi connectivity index (χ3v) is 5.77. The molecule has 5 heteroatoms. The standard InChI is InChI=1S/C23H30N2O3/c26-23(21-7-2-1-3-8-21)10-11-25(19-23)18-20-6-4-5-9-22(20)28-17-14-24-12-15-27-16-13-24/h1-9,26H,10-19H2/t23-/m0/s1. The fourth-order valence-corrected chi connectivity index (χ4v) is 4.12. The van der Waals surface area contributed by atoms with Crippen molar-refractivity contribution in [1.82, 2.24) is 9.80 Å². The Morgan fingerprint density at radius 1 is 0.929 bits per heavy atom. The van der Waals surface area contributed by atoms with Gasteiger partial charge in [-0.3, -0.25) is 9.80 Å². The molecule has 2 aliphatic heterocycles. The fraction of sp³-hybridized carbons (Fsp3) is 0.478. The van der Waals surface area contributed by atoms with Crippen molar-refractivity contribution in [2.45, 2.75) is 18.6 Å². The van der Waals surface area contributed by atoms with Gasteiger partial charge in [0, 0.05) is 44.8 Å². The largest absolute Gasteiger partial charge is 0.492 e. The van der Waals surface area contributed by atoms with Crippen LogP contribution in [0.1, 0.15) is 17.5 Å². The molecule has 0 amide bonds. The van der Waals surface area contributed by atoms with Gasteiger partial charge < -0.3 is 14.6 Å². The molecule has 5 nitrogen and oxygen atoms in total. The molecule has 2 aliphatic rings. The lowest BCUT2D eigenvalue weighted by Crippen LogP contribution is -2.38. The van der Waals surface area contributed by atoms with E-state index in [1.807, 2.05) is 42.5 Å². The van der Waals surface area contributed by atoms with Gasteiger partial charge in [-0.15, -0.1) is 0 Å². The Kier molecular flexibility index (Phi) is 6.27. The fourth-order valence-electron chi connectivity index (χ4n) is 4.12. The van der Waals surface area contributed by atoms with Gasteiger partial charge in [-0.2, -0.15) is 0 Å². The Bertz CT molecular complexity index is 749. The number of nitrogens with zero attached hydrogens (tertiary/aromatic N) is 2. The van der Waals surface area contributed by atoms with Crippen LogP contribution in [0.4, 0.5) is 0 Å². The van der Waals surface area contributed by atoms with E-state index in [9.17, 15) is 5.11 Å². The van der Waals surface area contributed by atoms with Crippen molar-refractivity contribution in [3.8, 4) is 5.75 Å². The van der Waals surface area contributed by atoms with E-state index in [1.54, 1.807) is 0 Å². The highest BCUT2D eigenvalue weighted by Crippen LogP contribution is 2.33. The molecule has 4 rings (SSSR count). The summed E-state index contributed by atoms with van der Waals surface area (Å²) in [4.78, 5) is 4.70. The number of rotatable bonds is 7. The molecule has 0 unspecified atom stereocenters. The number of β-amino-alcohol motifs (C(OH)–C–C–N with tert-alkyl or cyclic N) is 1. The second kappa shape index (κ2) is 9.05. The molecule has 2 aromatic rings. The van der Waals surface area contributed by atoms with Gasteiger partial charge in [-0.05, 0) is 18.1 Å². The van der Waals surface area contributed by atoms with Crippen molar-refractivity contribution in [2.75, 3.05) is 52.5 Å². The van der Waals surface area contributed by atoms with Crippen LogP contribution < -0.4 is 4.74 Å². The van der Waals surface area contributed by atoms with Gasteiger partial charge >= 0.3 is 0 Å². The van der Waals surface area contributed by atoms with Crippen LogP contribution in [0.15, 0.2) is 54.6 Å². The molecule has 2 fully saturated rings. The molecule has 0 saturated carbocycles. The normalized spacial score (nSPS) is 23.8. The number of ether oxygens (including phenoxy) is 2. The predicted molar refractivity (Wildman–Crippen MR) is 109 cm³/mol. The van der Waals surface area contributed by atoms with E-state index >= 15 is 0 Å². The van der Waals surface area contributed by atoms with Gasteiger partial charge in [0.2, 0.25) is 0 Å². The van der Waals surface area contributed by atoms with Gasteiger partial charge in [0.05, 0.1) is 13.2 Å². The minimum absolute atomic E-state index is 0.652. The number of hydrogen-bond acceptors (Lipinski definition) is 5. The maximum atomic E-state index is 11.1. The van der Waals surface area contributed by atoms with Crippen LogP contribution in [0.5, 0.6) is 5.75 Å². The summed E-state index contributed by atoms with van der Waals surface area (Å²) in [6, 6.07) is 18.3. The molecule has 0 bridgehead atoms. The van der Waals surface area contributed by atoms with E-state index in [2.05, 4.69) is 21.9 Å². The van der Waals surface area contributed by atoms with Crippen molar-refractivity contribution in [2.24, 2.45) is 0 Å². The van der Waals surface area contributed by atoms with Crippen LogP contribution in [0.25, 0.3) is 0 Å². The van der Waals surface area contributed by atoms with Crippen molar-refractivity contribution < 1.29 is 14.6 Å². The lowest BCUT2D eigenvalue weighted by molar-refractivity contribution is 0.0320. The number of aliphatic hydroxyl groups is 1. The highest BCUT2D eigenvalue weighted by molar-refractivity contribution is 5.33. The zero-order valence-electron chi connectivity index (χ0n) is 16.4. The molecule has 0 aliphatic carbocycles.